The van der Waals surface area contributed by atoms with Crippen LogP contribution in [-0.4, -0.2) is 36.1 Å². The third kappa shape index (κ3) is 2.55. The minimum Gasteiger partial charge on any atom is -0.387 e. The molecule has 0 saturated carbocycles. The highest BCUT2D eigenvalue weighted by atomic mass is 19.1. The fraction of sp³-hybridized carbons (Fsp3) is 0.333. The summed E-state index contributed by atoms with van der Waals surface area (Å²) in [5.41, 5.74) is -0.409. The number of hydrogen-bond acceptors (Lipinski definition) is 3. The summed E-state index contributed by atoms with van der Waals surface area (Å²) in [4.78, 5) is 23.9. The number of aliphatic hydroxyl groups is 1. The van der Waals surface area contributed by atoms with Crippen LogP contribution in [0.3, 0.4) is 0 Å². The smallest absolute Gasteiger partial charge is 0.249 e. The zero-order chi connectivity index (χ0) is 14.0. The van der Waals surface area contributed by atoms with Crippen LogP contribution >= 0.6 is 0 Å². The number of benzene rings is 1. The van der Waals surface area contributed by atoms with Gasteiger partial charge in [-0.2, -0.15) is 0 Å². The van der Waals surface area contributed by atoms with Gasteiger partial charge in [0, 0.05) is 6.54 Å². The second-order valence-electron chi connectivity index (χ2n) is 4.13. The first-order valence-corrected chi connectivity index (χ1v) is 5.70. The number of rotatable bonds is 3. The molecule has 0 bridgehead atoms. The van der Waals surface area contributed by atoms with Gasteiger partial charge < -0.3 is 15.3 Å². The van der Waals surface area contributed by atoms with Crippen molar-refractivity contribution in [1.29, 1.82) is 0 Å². The van der Waals surface area contributed by atoms with Crippen LogP contribution in [-0.2, 0) is 9.59 Å². The molecule has 0 aromatic heterocycles. The number of carbonyl (C=O) groups excluding carboxylic acids is 2. The van der Waals surface area contributed by atoms with Gasteiger partial charge in [-0.1, -0.05) is 6.07 Å². The molecule has 0 aliphatic carbocycles. The molecule has 0 spiro atoms. The number of aliphatic hydroxyl groups excluding tert-OH is 1. The summed E-state index contributed by atoms with van der Waals surface area (Å²) in [6.45, 7) is -0.634. The Bertz CT molecular complexity index is 501. The van der Waals surface area contributed by atoms with Crippen molar-refractivity contribution in [3.8, 4) is 0 Å². The van der Waals surface area contributed by atoms with Crippen LogP contribution in [0.1, 0.15) is 6.42 Å². The van der Waals surface area contributed by atoms with Crippen molar-refractivity contribution in [3.05, 3.63) is 29.8 Å². The molecule has 5 nitrogen and oxygen atoms in total. The Balaban J connectivity index is 2.20. The largest absolute Gasteiger partial charge is 0.387 e. The van der Waals surface area contributed by atoms with E-state index in [1.54, 1.807) is 0 Å². The van der Waals surface area contributed by atoms with Crippen molar-refractivity contribution < 1.29 is 23.5 Å². The molecular formula is C12H12F2N2O3. The van der Waals surface area contributed by atoms with Gasteiger partial charge in [-0.3, -0.25) is 9.59 Å². The van der Waals surface area contributed by atoms with Crippen molar-refractivity contribution in [3.63, 3.8) is 0 Å². The Morgan fingerprint density at radius 1 is 1.42 bits per heavy atom. The fourth-order valence-electron chi connectivity index (χ4n) is 2.02. The summed E-state index contributed by atoms with van der Waals surface area (Å²) >= 11 is 0. The van der Waals surface area contributed by atoms with Gasteiger partial charge >= 0.3 is 0 Å². The van der Waals surface area contributed by atoms with Crippen LogP contribution < -0.4 is 10.2 Å². The predicted molar refractivity (Wildman–Crippen MR) is 62.3 cm³/mol. The molecule has 1 unspecified atom stereocenters. The number of amides is 2. The van der Waals surface area contributed by atoms with Crippen LogP contribution in [0.2, 0.25) is 0 Å². The topological polar surface area (TPSA) is 69.6 Å². The van der Waals surface area contributed by atoms with Crippen LogP contribution in [0.15, 0.2) is 18.2 Å². The van der Waals surface area contributed by atoms with Crippen molar-refractivity contribution in [2.75, 3.05) is 18.1 Å². The Morgan fingerprint density at radius 3 is 2.63 bits per heavy atom. The van der Waals surface area contributed by atoms with Gasteiger partial charge in [-0.25, -0.2) is 8.78 Å². The van der Waals surface area contributed by atoms with Gasteiger partial charge in [0.1, 0.15) is 30.0 Å². The lowest BCUT2D eigenvalue weighted by atomic mass is 10.2. The first-order valence-electron chi connectivity index (χ1n) is 5.70. The Labute approximate surface area is 107 Å². The lowest BCUT2D eigenvalue weighted by Crippen LogP contribution is -2.42. The average molecular weight is 270 g/mol. The first-order chi connectivity index (χ1) is 9.04. The number of anilines is 1. The molecule has 19 heavy (non-hydrogen) atoms. The third-order valence-electron chi connectivity index (χ3n) is 2.89. The summed E-state index contributed by atoms with van der Waals surface area (Å²) < 4.78 is 27.1. The van der Waals surface area contributed by atoms with E-state index in [0.717, 1.165) is 17.0 Å². The summed E-state index contributed by atoms with van der Waals surface area (Å²) in [6, 6.07) is 2.47. The van der Waals surface area contributed by atoms with E-state index in [1.807, 2.05) is 0 Å². The zero-order valence-corrected chi connectivity index (χ0v) is 9.90. The Morgan fingerprint density at radius 2 is 2.05 bits per heavy atom. The molecular weight excluding hydrogens is 258 g/mol. The van der Waals surface area contributed by atoms with E-state index in [1.165, 1.54) is 6.07 Å². The quantitative estimate of drug-likeness (QED) is 0.823. The van der Waals surface area contributed by atoms with Gasteiger partial charge in [0.25, 0.3) is 0 Å². The standard InChI is InChI=1S/C12H12F2N2O3/c13-7-2-1-3-8(14)11(7)16-5-4-9(12(16)19)15-10(18)6-17/h1-3,9,17H,4-6H2,(H,15,18). The maximum atomic E-state index is 13.6. The zero-order valence-electron chi connectivity index (χ0n) is 9.90. The average Bonchev–Trinajstić information content (AvgIpc) is 2.71. The molecule has 1 atom stereocenters. The van der Waals surface area contributed by atoms with Gasteiger partial charge in [0.2, 0.25) is 11.8 Å². The highest BCUT2D eigenvalue weighted by molar-refractivity contribution is 6.01. The fourth-order valence-corrected chi connectivity index (χ4v) is 2.02. The Hall–Kier alpha value is -2.02. The SMILES string of the molecule is O=C(CO)NC1CCN(c2c(F)cccc2F)C1=O. The number of nitrogens with one attached hydrogen (secondary N) is 1. The molecule has 1 aliphatic heterocycles. The summed E-state index contributed by atoms with van der Waals surface area (Å²) in [5.74, 6) is -2.95. The minimum absolute atomic E-state index is 0.104. The molecule has 2 N–H and O–H groups in total. The maximum absolute atomic E-state index is 13.6. The van der Waals surface area contributed by atoms with Gasteiger partial charge in [-0.05, 0) is 18.6 Å². The van der Waals surface area contributed by atoms with Gasteiger partial charge in [0.15, 0.2) is 0 Å². The lowest BCUT2D eigenvalue weighted by Gasteiger charge is -2.18. The molecule has 2 rings (SSSR count). The molecule has 7 heteroatoms. The number of nitrogens with zero attached hydrogens (tertiary/aromatic N) is 1. The highest BCUT2D eigenvalue weighted by Crippen LogP contribution is 2.27. The molecule has 1 fully saturated rings. The molecule has 0 radical (unpaired) electrons. The number of halogens is 2. The Kier molecular flexibility index (Phi) is 3.75. The molecule has 1 saturated heterocycles. The van der Waals surface area contributed by atoms with Crippen LogP contribution in [0.25, 0.3) is 0 Å². The second-order valence-corrected chi connectivity index (χ2v) is 4.13. The lowest BCUT2D eigenvalue weighted by molar-refractivity contribution is -0.128. The molecule has 1 heterocycles. The monoisotopic (exact) mass is 270 g/mol. The molecule has 1 aromatic rings. The van der Waals surface area contributed by atoms with E-state index in [2.05, 4.69) is 5.32 Å². The molecule has 1 aromatic carbocycles. The van der Waals surface area contributed by atoms with Crippen molar-refractivity contribution in [2.24, 2.45) is 0 Å². The number of carbonyl (C=O) groups is 2. The normalized spacial score (nSPS) is 18.8. The highest BCUT2D eigenvalue weighted by Gasteiger charge is 2.35. The van der Waals surface area contributed by atoms with E-state index in [4.69, 9.17) is 5.11 Å². The predicted octanol–water partition coefficient (Wildman–Crippen LogP) is 0.179. The molecule has 102 valence electrons. The third-order valence-corrected chi connectivity index (χ3v) is 2.89. The van der Waals surface area contributed by atoms with Crippen LogP contribution in [0.4, 0.5) is 14.5 Å². The number of para-hydroxylation sites is 1. The summed E-state index contributed by atoms with van der Waals surface area (Å²) in [7, 11) is 0. The van der Waals surface area contributed by atoms with Crippen molar-refractivity contribution in [1.82, 2.24) is 5.32 Å². The second kappa shape index (κ2) is 5.31. The molecule has 2 amide bonds. The maximum Gasteiger partial charge on any atom is 0.249 e. The van der Waals surface area contributed by atoms with E-state index in [0.29, 0.717) is 0 Å². The van der Waals surface area contributed by atoms with Crippen molar-refractivity contribution >= 4 is 17.5 Å². The van der Waals surface area contributed by atoms with Crippen LogP contribution in [0, 0.1) is 11.6 Å². The minimum atomic E-state index is -0.862. The van der Waals surface area contributed by atoms with E-state index >= 15 is 0 Å². The van der Waals surface area contributed by atoms with E-state index in [9.17, 15) is 18.4 Å². The van der Waals surface area contributed by atoms with Gasteiger partial charge in [0.05, 0.1) is 0 Å². The summed E-state index contributed by atoms with van der Waals surface area (Å²) in [6.07, 6.45) is 0.234. The first kappa shape index (κ1) is 13.4. The van der Waals surface area contributed by atoms with E-state index in [-0.39, 0.29) is 13.0 Å². The number of hydrogen-bond donors (Lipinski definition) is 2. The summed E-state index contributed by atoms with van der Waals surface area (Å²) in [5, 5.41) is 10.9. The molecule has 1 aliphatic rings. The van der Waals surface area contributed by atoms with Crippen molar-refractivity contribution in [2.45, 2.75) is 12.5 Å². The van der Waals surface area contributed by atoms with E-state index < -0.39 is 41.8 Å². The van der Waals surface area contributed by atoms with Gasteiger partial charge in [-0.15, -0.1) is 0 Å². The van der Waals surface area contributed by atoms with Crippen LogP contribution in [0.5, 0.6) is 0 Å².